The van der Waals surface area contributed by atoms with Crippen molar-refractivity contribution in [2.24, 2.45) is 0 Å². The first kappa shape index (κ1) is 17.5. The van der Waals surface area contributed by atoms with Crippen molar-refractivity contribution in [3.05, 3.63) is 46.6 Å². The highest BCUT2D eigenvalue weighted by atomic mass is 16.5. The molecule has 1 aromatic heterocycles. The largest absolute Gasteiger partial charge is 0.352 e. The molecule has 0 bridgehead atoms. The number of amides is 1. The van der Waals surface area contributed by atoms with Crippen LogP contribution in [0.2, 0.25) is 0 Å². The summed E-state index contributed by atoms with van der Waals surface area (Å²) in [6, 6.07) is 7.84. The number of carbonyl (C=O) groups excluding carboxylic acids is 1. The molecule has 0 radical (unpaired) electrons. The second-order valence-electron chi connectivity index (χ2n) is 6.69. The van der Waals surface area contributed by atoms with Crippen LogP contribution in [-0.2, 0) is 6.42 Å². The van der Waals surface area contributed by atoms with Crippen molar-refractivity contribution in [2.75, 3.05) is 18.2 Å². The van der Waals surface area contributed by atoms with Gasteiger partial charge in [0.25, 0.3) is 5.91 Å². The molecule has 1 heterocycles. The molecule has 1 fully saturated rings. The number of anilines is 1. The molecular formula is C19H26N4O2. The van der Waals surface area contributed by atoms with Gasteiger partial charge < -0.3 is 5.32 Å². The lowest BCUT2D eigenvalue weighted by Gasteiger charge is -2.14. The van der Waals surface area contributed by atoms with Gasteiger partial charge in [-0.05, 0) is 56.7 Å². The average molecular weight is 342 g/mol. The molecule has 1 saturated carbocycles. The topological polar surface area (TPSA) is 81.3 Å². The van der Waals surface area contributed by atoms with Crippen LogP contribution in [0.3, 0.4) is 0 Å². The van der Waals surface area contributed by atoms with Gasteiger partial charge in [-0.1, -0.05) is 12.1 Å². The summed E-state index contributed by atoms with van der Waals surface area (Å²) >= 11 is 0. The van der Waals surface area contributed by atoms with Crippen LogP contribution in [0, 0.1) is 6.92 Å². The van der Waals surface area contributed by atoms with Crippen LogP contribution in [0.4, 0.5) is 5.82 Å². The number of hydrogen-bond donors (Lipinski definition) is 3. The number of carbonyl (C=O) groups is 1. The number of benzene rings is 1. The second-order valence-corrected chi connectivity index (χ2v) is 6.69. The maximum atomic E-state index is 11.9. The van der Waals surface area contributed by atoms with Gasteiger partial charge in [0.05, 0.1) is 0 Å². The Bertz CT molecular complexity index is 737. The molecule has 3 N–H and O–H groups in total. The number of nitrogens with one attached hydrogen (secondary N) is 2. The quantitative estimate of drug-likeness (QED) is 0.644. The van der Waals surface area contributed by atoms with Crippen LogP contribution in [-0.4, -0.2) is 34.4 Å². The molecule has 0 spiro atoms. The molecular weight excluding hydrogens is 316 g/mol. The maximum absolute atomic E-state index is 11.9. The Morgan fingerprint density at radius 1 is 1.40 bits per heavy atom. The molecule has 134 valence electrons. The van der Waals surface area contributed by atoms with E-state index in [1.807, 2.05) is 38.1 Å². The van der Waals surface area contributed by atoms with E-state index < -0.39 is 0 Å². The monoisotopic (exact) mass is 342 g/mol. The summed E-state index contributed by atoms with van der Waals surface area (Å²) < 4.78 is 0. The number of rotatable bonds is 8. The molecule has 6 nitrogen and oxygen atoms in total. The Labute approximate surface area is 148 Å². The van der Waals surface area contributed by atoms with Crippen LogP contribution >= 0.6 is 0 Å². The first-order valence-electron chi connectivity index (χ1n) is 8.98. The van der Waals surface area contributed by atoms with E-state index in [0.29, 0.717) is 24.8 Å². The number of hydroxylamine groups is 1. The Morgan fingerprint density at radius 3 is 2.88 bits per heavy atom. The van der Waals surface area contributed by atoms with Gasteiger partial charge in [-0.15, -0.1) is 0 Å². The van der Waals surface area contributed by atoms with Crippen molar-refractivity contribution < 1.29 is 10.0 Å². The third-order valence-electron chi connectivity index (χ3n) is 4.57. The molecule has 1 aliphatic carbocycles. The normalized spacial score (nSPS) is 13.7. The van der Waals surface area contributed by atoms with Crippen molar-refractivity contribution in [1.82, 2.24) is 15.5 Å². The van der Waals surface area contributed by atoms with Gasteiger partial charge in [0.2, 0.25) is 0 Å². The number of nitrogens with zero attached hydrogens (tertiary/aromatic N) is 2. The lowest BCUT2D eigenvalue weighted by molar-refractivity contribution is 0.0955. The average Bonchev–Trinajstić information content (AvgIpc) is 3.32. The van der Waals surface area contributed by atoms with Gasteiger partial charge in [0.15, 0.2) is 5.82 Å². The Hall–Kier alpha value is -2.34. The van der Waals surface area contributed by atoms with Gasteiger partial charge in [0, 0.05) is 36.3 Å². The Kier molecular flexibility index (Phi) is 5.38. The van der Waals surface area contributed by atoms with Crippen molar-refractivity contribution in [3.63, 3.8) is 0 Å². The maximum Gasteiger partial charge on any atom is 0.251 e. The van der Waals surface area contributed by atoms with E-state index in [1.165, 1.54) is 23.5 Å². The fraction of sp³-hybridized carbons (Fsp3) is 0.474. The minimum Gasteiger partial charge on any atom is -0.352 e. The van der Waals surface area contributed by atoms with Gasteiger partial charge in [0.1, 0.15) is 0 Å². The van der Waals surface area contributed by atoms with Gasteiger partial charge in [-0.2, -0.15) is 5.10 Å². The smallest absolute Gasteiger partial charge is 0.251 e. The first-order chi connectivity index (χ1) is 12.1. The molecule has 0 atom stereocenters. The predicted molar refractivity (Wildman–Crippen MR) is 97.2 cm³/mol. The summed E-state index contributed by atoms with van der Waals surface area (Å²) in [5.74, 6) is 1.16. The number of aromatic nitrogens is 2. The van der Waals surface area contributed by atoms with E-state index in [2.05, 4.69) is 15.5 Å². The first-order valence-corrected chi connectivity index (χ1v) is 8.98. The van der Waals surface area contributed by atoms with Gasteiger partial charge >= 0.3 is 0 Å². The van der Waals surface area contributed by atoms with Crippen LogP contribution in [0.5, 0.6) is 0 Å². The molecule has 0 unspecified atom stereocenters. The zero-order valence-corrected chi connectivity index (χ0v) is 14.9. The fourth-order valence-electron chi connectivity index (χ4n) is 3.00. The number of H-pyrrole nitrogens is 1. The lowest BCUT2D eigenvalue weighted by Crippen LogP contribution is -2.23. The second kappa shape index (κ2) is 7.70. The summed E-state index contributed by atoms with van der Waals surface area (Å²) in [5, 5.41) is 21.3. The van der Waals surface area contributed by atoms with E-state index in [9.17, 15) is 10.0 Å². The predicted octanol–water partition coefficient (Wildman–Crippen LogP) is 3.17. The zero-order chi connectivity index (χ0) is 17.8. The summed E-state index contributed by atoms with van der Waals surface area (Å²) in [6.07, 6.45) is 4.06. The van der Waals surface area contributed by atoms with E-state index in [0.717, 1.165) is 29.7 Å². The Morgan fingerprint density at radius 2 is 2.20 bits per heavy atom. The molecule has 0 aliphatic heterocycles. The minimum atomic E-state index is -0.0296. The van der Waals surface area contributed by atoms with Crippen molar-refractivity contribution >= 4 is 11.7 Å². The molecule has 1 aromatic carbocycles. The highest BCUT2D eigenvalue weighted by molar-refractivity contribution is 5.95. The molecule has 25 heavy (non-hydrogen) atoms. The molecule has 1 aliphatic rings. The summed E-state index contributed by atoms with van der Waals surface area (Å²) in [6.45, 7) is 5.01. The zero-order valence-electron chi connectivity index (χ0n) is 14.9. The van der Waals surface area contributed by atoms with E-state index in [4.69, 9.17) is 0 Å². The van der Waals surface area contributed by atoms with Crippen molar-refractivity contribution in [2.45, 2.75) is 45.4 Å². The lowest BCUT2D eigenvalue weighted by atomic mass is 10.0. The number of hydrogen-bond acceptors (Lipinski definition) is 4. The third-order valence-corrected chi connectivity index (χ3v) is 4.57. The van der Waals surface area contributed by atoms with E-state index in [-0.39, 0.29) is 5.91 Å². The molecule has 6 heteroatoms. The molecule has 2 aromatic rings. The summed E-state index contributed by atoms with van der Waals surface area (Å²) in [5.41, 5.74) is 3.98. The van der Waals surface area contributed by atoms with E-state index >= 15 is 0 Å². The van der Waals surface area contributed by atoms with Gasteiger partial charge in [-0.3, -0.25) is 15.1 Å². The number of aryl methyl sites for hydroxylation is 2. The standard InChI is InChI=1S/C19H26N4O2/c1-3-20-19(24)16-9-6-14(11-13(16)2)5-4-10-23(25)18-12-17(21-22-18)15-7-8-15/h6,9,11-12,15,25H,3-5,7-8,10H2,1-2H3,(H,20,24)(H,21,22). The highest BCUT2D eigenvalue weighted by Gasteiger charge is 2.26. The van der Waals surface area contributed by atoms with E-state index in [1.54, 1.807) is 0 Å². The molecule has 0 saturated heterocycles. The van der Waals surface area contributed by atoms with Crippen molar-refractivity contribution in [1.29, 1.82) is 0 Å². The van der Waals surface area contributed by atoms with Crippen LogP contribution in [0.1, 0.15) is 59.3 Å². The fourth-order valence-corrected chi connectivity index (χ4v) is 3.00. The third kappa shape index (κ3) is 4.39. The van der Waals surface area contributed by atoms with Crippen molar-refractivity contribution in [3.8, 4) is 0 Å². The molecule has 1 amide bonds. The molecule has 3 rings (SSSR count). The summed E-state index contributed by atoms with van der Waals surface area (Å²) in [4.78, 5) is 11.9. The van der Waals surface area contributed by atoms with Crippen LogP contribution in [0.25, 0.3) is 0 Å². The number of aromatic amines is 1. The van der Waals surface area contributed by atoms with Gasteiger partial charge in [-0.25, -0.2) is 5.06 Å². The summed E-state index contributed by atoms with van der Waals surface area (Å²) in [7, 11) is 0. The van der Waals surface area contributed by atoms with Crippen LogP contribution < -0.4 is 10.4 Å². The minimum absolute atomic E-state index is 0.0296. The SMILES string of the molecule is CCNC(=O)c1ccc(CCCN(O)c2cc(C3CC3)[nH]n2)cc1C. The Balaban J connectivity index is 1.50. The van der Waals surface area contributed by atoms with Crippen LogP contribution in [0.15, 0.2) is 24.3 Å². The highest BCUT2D eigenvalue weighted by Crippen LogP contribution is 2.39.